The van der Waals surface area contributed by atoms with E-state index in [1.165, 1.54) is 24.0 Å². The second-order valence-corrected chi connectivity index (χ2v) is 7.59. The molecule has 2 aromatic carbocycles. The van der Waals surface area contributed by atoms with Crippen molar-refractivity contribution in [2.75, 3.05) is 33.4 Å². The topological polar surface area (TPSA) is 96.3 Å². The maximum Gasteiger partial charge on any atom is 0.414 e. The number of hydrogen-bond donors (Lipinski definition) is 2. The van der Waals surface area contributed by atoms with E-state index in [0.29, 0.717) is 6.61 Å². The first-order valence-corrected chi connectivity index (χ1v) is 11.4. The van der Waals surface area contributed by atoms with Crippen LogP contribution in [0, 0.1) is 0 Å². The highest BCUT2D eigenvalue weighted by atomic mass is 16.5. The van der Waals surface area contributed by atoms with Gasteiger partial charge in [-0.05, 0) is 62.4 Å². The van der Waals surface area contributed by atoms with Gasteiger partial charge in [-0.2, -0.15) is 0 Å². The number of aryl methyl sites for hydroxylation is 1. The molecule has 0 atom stereocenters. The number of carbonyl (C=O) groups is 2. The largest absolute Gasteiger partial charge is 0.493 e. The van der Waals surface area contributed by atoms with Crippen LogP contribution in [0.4, 0.5) is 0 Å². The molecule has 0 heterocycles. The molecule has 0 aliphatic carbocycles. The molecule has 0 bridgehead atoms. The van der Waals surface area contributed by atoms with E-state index < -0.39 is 11.9 Å². The first-order chi connectivity index (χ1) is 15.9. The van der Waals surface area contributed by atoms with Crippen molar-refractivity contribution >= 4 is 11.9 Å². The number of carboxylic acid groups (broad SMARTS) is 2. The number of hydrogen-bond acceptors (Lipinski definition) is 5. The molecule has 0 spiro atoms. The van der Waals surface area contributed by atoms with Gasteiger partial charge in [-0.25, -0.2) is 9.59 Å². The molecule has 0 amide bonds. The molecule has 0 radical (unpaired) electrons. The standard InChI is InChI=1S/C24H35NO2.C2H2O4/c1-4-17-25(18-5-2)19-16-22-14-9-15-23(26-3)24(22)27-20-10-13-21-11-7-6-8-12-21;3-1(4)2(5)6/h6-9,11-12,14-15H,4-5,10,13,16-20H2,1-3H3;(H,3,4)(H,5,6). The second kappa shape index (κ2) is 16.6. The summed E-state index contributed by atoms with van der Waals surface area (Å²) in [5.74, 6) is -1.89. The Kier molecular flexibility index (Phi) is 14.0. The van der Waals surface area contributed by atoms with Crippen molar-refractivity contribution in [1.82, 2.24) is 4.90 Å². The van der Waals surface area contributed by atoms with Gasteiger partial charge in [0.15, 0.2) is 11.5 Å². The Morgan fingerprint density at radius 3 is 2.03 bits per heavy atom. The Labute approximate surface area is 197 Å². The van der Waals surface area contributed by atoms with Crippen LogP contribution in [0.25, 0.3) is 0 Å². The molecule has 2 rings (SSSR count). The molecule has 7 nitrogen and oxygen atoms in total. The van der Waals surface area contributed by atoms with Crippen molar-refractivity contribution in [3.63, 3.8) is 0 Å². The molecule has 0 aliphatic heterocycles. The fraction of sp³-hybridized carbons (Fsp3) is 0.462. The molecular formula is C26H37NO6. The lowest BCUT2D eigenvalue weighted by Crippen LogP contribution is -2.27. The van der Waals surface area contributed by atoms with E-state index in [-0.39, 0.29) is 0 Å². The third kappa shape index (κ3) is 11.4. The number of aliphatic carboxylic acids is 2. The van der Waals surface area contributed by atoms with Gasteiger partial charge in [-0.15, -0.1) is 0 Å². The van der Waals surface area contributed by atoms with E-state index in [2.05, 4.69) is 61.2 Å². The van der Waals surface area contributed by atoms with Crippen LogP contribution in [0.5, 0.6) is 11.5 Å². The number of benzene rings is 2. The van der Waals surface area contributed by atoms with Crippen molar-refractivity contribution in [1.29, 1.82) is 0 Å². The van der Waals surface area contributed by atoms with Gasteiger partial charge in [0.05, 0.1) is 13.7 Å². The Morgan fingerprint density at radius 1 is 0.848 bits per heavy atom. The maximum atomic E-state index is 9.10. The fourth-order valence-corrected chi connectivity index (χ4v) is 3.42. The van der Waals surface area contributed by atoms with Crippen LogP contribution in [-0.2, 0) is 22.4 Å². The van der Waals surface area contributed by atoms with Crippen LogP contribution >= 0.6 is 0 Å². The van der Waals surface area contributed by atoms with Gasteiger partial charge >= 0.3 is 11.9 Å². The molecule has 0 saturated heterocycles. The highest BCUT2D eigenvalue weighted by Gasteiger charge is 2.12. The Bertz CT molecular complexity index is 807. The smallest absolute Gasteiger partial charge is 0.414 e. The SMILES string of the molecule is CCCN(CCC)CCc1cccc(OC)c1OCCCc1ccccc1.O=C(O)C(=O)O. The Hall–Kier alpha value is -3.06. The van der Waals surface area contributed by atoms with Crippen LogP contribution in [0.15, 0.2) is 48.5 Å². The number of methoxy groups -OCH3 is 1. The lowest BCUT2D eigenvalue weighted by molar-refractivity contribution is -0.159. The summed E-state index contributed by atoms with van der Waals surface area (Å²) in [5.41, 5.74) is 2.60. The average molecular weight is 460 g/mol. The van der Waals surface area contributed by atoms with Gasteiger partial charge in [0, 0.05) is 6.54 Å². The summed E-state index contributed by atoms with van der Waals surface area (Å²) < 4.78 is 11.8. The third-order valence-electron chi connectivity index (χ3n) is 4.94. The normalized spacial score (nSPS) is 10.3. The molecule has 0 unspecified atom stereocenters. The molecule has 2 aromatic rings. The second-order valence-electron chi connectivity index (χ2n) is 7.59. The molecule has 0 aliphatic rings. The van der Waals surface area contributed by atoms with E-state index >= 15 is 0 Å². The summed E-state index contributed by atoms with van der Waals surface area (Å²) in [5, 5.41) is 14.8. The summed E-state index contributed by atoms with van der Waals surface area (Å²) in [6.45, 7) is 8.58. The monoisotopic (exact) mass is 459 g/mol. The highest BCUT2D eigenvalue weighted by Crippen LogP contribution is 2.31. The van der Waals surface area contributed by atoms with Crippen LogP contribution in [0.1, 0.15) is 44.2 Å². The zero-order valence-corrected chi connectivity index (χ0v) is 20.0. The minimum atomic E-state index is -1.82. The van der Waals surface area contributed by atoms with Crippen molar-refractivity contribution in [2.24, 2.45) is 0 Å². The van der Waals surface area contributed by atoms with E-state index in [1.54, 1.807) is 7.11 Å². The van der Waals surface area contributed by atoms with Crippen LogP contribution in [0.3, 0.4) is 0 Å². The van der Waals surface area contributed by atoms with Gasteiger partial charge in [0.2, 0.25) is 0 Å². The Morgan fingerprint density at radius 2 is 1.48 bits per heavy atom. The van der Waals surface area contributed by atoms with Crippen LogP contribution in [-0.4, -0.2) is 60.4 Å². The first kappa shape index (κ1) is 28.0. The lowest BCUT2D eigenvalue weighted by atomic mass is 10.1. The van der Waals surface area contributed by atoms with Crippen molar-refractivity contribution in [3.05, 3.63) is 59.7 Å². The van der Waals surface area contributed by atoms with Crippen molar-refractivity contribution in [2.45, 2.75) is 46.0 Å². The number of carboxylic acids is 2. The molecule has 33 heavy (non-hydrogen) atoms. The number of ether oxygens (including phenoxy) is 2. The first-order valence-electron chi connectivity index (χ1n) is 11.4. The minimum Gasteiger partial charge on any atom is -0.493 e. The number of nitrogens with zero attached hydrogens (tertiary/aromatic N) is 1. The Balaban J connectivity index is 0.000000801. The van der Waals surface area contributed by atoms with E-state index in [4.69, 9.17) is 29.3 Å². The third-order valence-corrected chi connectivity index (χ3v) is 4.94. The minimum absolute atomic E-state index is 0.704. The summed E-state index contributed by atoms with van der Waals surface area (Å²) in [7, 11) is 1.72. The van der Waals surface area contributed by atoms with E-state index in [9.17, 15) is 0 Å². The van der Waals surface area contributed by atoms with Gasteiger partial charge in [-0.1, -0.05) is 56.3 Å². The lowest BCUT2D eigenvalue weighted by Gasteiger charge is -2.22. The predicted octanol–water partition coefficient (Wildman–Crippen LogP) is 4.53. The molecule has 2 N–H and O–H groups in total. The average Bonchev–Trinajstić information content (AvgIpc) is 2.81. The number of rotatable bonds is 13. The number of para-hydroxylation sites is 1. The molecule has 7 heteroatoms. The van der Waals surface area contributed by atoms with Gasteiger partial charge in [0.25, 0.3) is 0 Å². The summed E-state index contributed by atoms with van der Waals surface area (Å²) >= 11 is 0. The molecule has 182 valence electrons. The summed E-state index contributed by atoms with van der Waals surface area (Å²) in [6, 6.07) is 16.8. The van der Waals surface area contributed by atoms with Crippen LogP contribution < -0.4 is 9.47 Å². The summed E-state index contributed by atoms with van der Waals surface area (Å²) in [6.07, 6.45) is 5.42. The molecule has 0 aromatic heterocycles. The molecular weight excluding hydrogens is 422 g/mol. The molecule has 0 saturated carbocycles. The van der Waals surface area contributed by atoms with Crippen molar-refractivity contribution < 1.29 is 29.3 Å². The quantitative estimate of drug-likeness (QED) is 0.336. The highest BCUT2D eigenvalue weighted by molar-refractivity contribution is 6.27. The fourth-order valence-electron chi connectivity index (χ4n) is 3.42. The van der Waals surface area contributed by atoms with E-state index in [0.717, 1.165) is 50.4 Å². The van der Waals surface area contributed by atoms with Gasteiger partial charge < -0.3 is 24.6 Å². The zero-order chi connectivity index (χ0) is 24.5. The molecule has 0 fully saturated rings. The van der Waals surface area contributed by atoms with Gasteiger partial charge in [-0.3, -0.25) is 0 Å². The van der Waals surface area contributed by atoms with Gasteiger partial charge in [0.1, 0.15) is 0 Å². The zero-order valence-electron chi connectivity index (χ0n) is 20.0. The predicted molar refractivity (Wildman–Crippen MR) is 129 cm³/mol. The van der Waals surface area contributed by atoms with Crippen LogP contribution in [0.2, 0.25) is 0 Å². The summed E-state index contributed by atoms with van der Waals surface area (Å²) in [4.78, 5) is 20.7. The van der Waals surface area contributed by atoms with E-state index in [1.807, 2.05) is 6.07 Å². The maximum absolute atomic E-state index is 9.10. The van der Waals surface area contributed by atoms with Crippen molar-refractivity contribution in [3.8, 4) is 11.5 Å².